The molecule has 0 fully saturated rings. The molecule has 6 nitrogen and oxygen atoms in total. The summed E-state index contributed by atoms with van der Waals surface area (Å²) in [6.07, 6.45) is -5.15. The molecular formula is C12H13F3N2O4. The lowest BCUT2D eigenvalue weighted by molar-refractivity contribution is -0.274. The summed E-state index contributed by atoms with van der Waals surface area (Å²) in [5.41, 5.74) is -0.165. The van der Waals surface area contributed by atoms with Crippen LogP contribution in [0.3, 0.4) is 0 Å². The Morgan fingerprint density at radius 3 is 2.52 bits per heavy atom. The van der Waals surface area contributed by atoms with Crippen molar-refractivity contribution >= 4 is 17.7 Å². The summed E-state index contributed by atoms with van der Waals surface area (Å²) < 4.78 is 40.4. The number of hydrogen-bond acceptors (Lipinski definition) is 3. The van der Waals surface area contributed by atoms with E-state index in [4.69, 9.17) is 5.11 Å². The predicted molar refractivity (Wildman–Crippen MR) is 67.0 cm³/mol. The largest absolute Gasteiger partial charge is 0.573 e. The molecule has 0 spiro atoms. The lowest BCUT2D eigenvalue weighted by atomic mass is 10.3. The molecule has 2 amide bonds. The number of benzene rings is 1. The van der Waals surface area contributed by atoms with E-state index in [1.807, 2.05) is 0 Å². The summed E-state index contributed by atoms with van der Waals surface area (Å²) in [5, 5.41) is 10.7. The second-order valence-electron chi connectivity index (χ2n) is 4.04. The molecule has 0 heterocycles. The maximum absolute atomic E-state index is 12.2. The van der Waals surface area contributed by atoms with Crippen LogP contribution in [-0.4, -0.2) is 42.0 Å². The Bertz CT molecular complexity index is 519. The van der Waals surface area contributed by atoms with Crippen LogP contribution in [0.4, 0.5) is 23.7 Å². The predicted octanol–water partition coefficient (Wildman–Crippen LogP) is 2.52. The van der Waals surface area contributed by atoms with Crippen LogP contribution in [0.1, 0.15) is 6.42 Å². The molecule has 9 heteroatoms. The third kappa shape index (κ3) is 6.02. The summed E-state index contributed by atoms with van der Waals surface area (Å²) in [7, 11) is 1.32. The van der Waals surface area contributed by atoms with Crippen molar-refractivity contribution in [3.05, 3.63) is 24.3 Å². The van der Waals surface area contributed by atoms with Crippen LogP contribution in [0.5, 0.6) is 5.75 Å². The van der Waals surface area contributed by atoms with Gasteiger partial charge in [-0.25, -0.2) is 4.79 Å². The first-order valence-electron chi connectivity index (χ1n) is 5.78. The molecule has 0 aliphatic heterocycles. The van der Waals surface area contributed by atoms with Gasteiger partial charge < -0.3 is 20.1 Å². The summed E-state index contributed by atoms with van der Waals surface area (Å²) in [6, 6.07) is 4.31. The van der Waals surface area contributed by atoms with E-state index in [-0.39, 0.29) is 18.7 Å². The van der Waals surface area contributed by atoms with E-state index in [0.29, 0.717) is 0 Å². The average Bonchev–Trinajstić information content (AvgIpc) is 2.36. The number of nitrogens with one attached hydrogen (secondary N) is 1. The molecule has 0 atom stereocenters. The maximum Gasteiger partial charge on any atom is 0.573 e. The summed E-state index contributed by atoms with van der Waals surface area (Å²) in [6.45, 7) is -0.0799. The lowest BCUT2D eigenvalue weighted by Crippen LogP contribution is -2.33. The SMILES string of the molecule is CN(CCC(=O)O)C(=O)Nc1ccccc1OC(F)(F)F. The van der Waals surface area contributed by atoms with Gasteiger partial charge in [0.2, 0.25) is 0 Å². The Labute approximate surface area is 118 Å². The average molecular weight is 306 g/mol. The van der Waals surface area contributed by atoms with Gasteiger partial charge in [0.1, 0.15) is 0 Å². The molecule has 21 heavy (non-hydrogen) atoms. The monoisotopic (exact) mass is 306 g/mol. The lowest BCUT2D eigenvalue weighted by Gasteiger charge is -2.19. The van der Waals surface area contributed by atoms with Gasteiger partial charge in [-0.3, -0.25) is 4.79 Å². The van der Waals surface area contributed by atoms with Gasteiger partial charge in [0.25, 0.3) is 0 Å². The topological polar surface area (TPSA) is 78.9 Å². The zero-order valence-corrected chi connectivity index (χ0v) is 11.0. The fourth-order valence-corrected chi connectivity index (χ4v) is 1.36. The minimum Gasteiger partial charge on any atom is -0.481 e. The van der Waals surface area contributed by atoms with Gasteiger partial charge >= 0.3 is 18.4 Å². The van der Waals surface area contributed by atoms with Crippen LogP contribution in [0.25, 0.3) is 0 Å². The van der Waals surface area contributed by atoms with Crippen LogP contribution in [0.15, 0.2) is 24.3 Å². The molecule has 0 unspecified atom stereocenters. The second kappa shape index (κ2) is 6.82. The first-order valence-corrected chi connectivity index (χ1v) is 5.78. The van der Waals surface area contributed by atoms with Crippen molar-refractivity contribution in [2.75, 3.05) is 18.9 Å². The number of nitrogens with zero attached hydrogens (tertiary/aromatic N) is 1. The molecule has 1 aromatic rings. The number of aliphatic carboxylic acids is 1. The van der Waals surface area contributed by atoms with Crippen molar-refractivity contribution in [3.63, 3.8) is 0 Å². The van der Waals surface area contributed by atoms with Crippen LogP contribution < -0.4 is 10.1 Å². The Hall–Kier alpha value is -2.45. The number of carboxylic acids is 1. The highest BCUT2D eigenvalue weighted by Gasteiger charge is 2.32. The highest BCUT2D eigenvalue weighted by atomic mass is 19.4. The first-order chi connectivity index (χ1) is 9.69. The van der Waals surface area contributed by atoms with Crippen LogP contribution in [-0.2, 0) is 4.79 Å². The van der Waals surface area contributed by atoms with Crippen molar-refractivity contribution in [3.8, 4) is 5.75 Å². The van der Waals surface area contributed by atoms with E-state index in [0.717, 1.165) is 11.0 Å². The van der Waals surface area contributed by atoms with Crippen molar-refractivity contribution in [1.29, 1.82) is 0 Å². The molecule has 0 aliphatic rings. The number of carbonyl (C=O) groups is 2. The van der Waals surface area contributed by atoms with Gasteiger partial charge in [0.05, 0.1) is 12.1 Å². The Morgan fingerprint density at radius 2 is 1.95 bits per heavy atom. The van der Waals surface area contributed by atoms with Crippen molar-refractivity contribution < 1.29 is 32.6 Å². The molecule has 1 rings (SSSR count). The highest BCUT2D eigenvalue weighted by molar-refractivity contribution is 5.91. The number of carboxylic acid groups (broad SMARTS) is 1. The van der Waals surface area contributed by atoms with E-state index < -0.39 is 24.1 Å². The van der Waals surface area contributed by atoms with Crippen LogP contribution in [0, 0.1) is 0 Å². The molecule has 0 aliphatic carbocycles. The number of ether oxygens (including phenoxy) is 1. The Kier molecular flexibility index (Phi) is 5.39. The van der Waals surface area contributed by atoms with Gasteiger partial charge in [-0.2, -0.15) is 0 Å². The van der Waals surface area contributed by atoms with E-state index in [1.165, 1.54) is 25.2 Å². The number of para-hydroxylation sites is 2. The molecule has 1 aromatic carbocycles. The molecule has 0 bridgehead atoms. The second-order valence-corrected chi connectivity index (χ2v) is 4.04. The van der Waals surface area contributed by atoms with Gasteiger partial charge in [0, 0.05) is 13.6 Å². The van der Waals surface area contributed by atoms with E-state index >= 15 is 0 Å². The summed E-state index contributed by atoms with van der Waals surface area (Å²) in [5.74, 6) is -1.64. The molecule has 0 aromatic heterocycles. The quantitative estimate of drug-likeness (QED) is 0.876. The zero-order valence-electron chi connectivity index (χ0n) is 11.0. The number of alkyl halides is 3. The van der Waals surface area contributed by atoms with Crippen molar-refractivity contribution in [2.24, 2.45) is 0 Å². The molecule has 0 radical (unpaired) electrons. The number of rotatable bonds is 5. The maximum atomic E-state index is 12.2. The van der Waals surface area contributed by atoms with Gasteiger partial charge in [-0.05, 0) is 12.1 Å². The van der Waals surface area contributed by atoms with E-state index in [2.05, 4.69) is 10.1 Å². The molecular weight excluding hydrogens is 293 g/mol. The minimum atomic E-state index is -4.88. The third-order valence-electron chi connectivity index (χ3n) is 2.36. The van der Waals surface area contributed by atoms with E-state index in [9.17, 15) is 22.8 Å². The number of urea groups is 1. The van der Waals surface area contributed by atoms with E-state index in [1.54, 1.807) is 0 Å². The molecule has 116 valence electrons. The zero-order chi connectivity index (χ0) is 16.0. The first kappa shape index (κ1) is 16.6. The minimum absolute atomic E-state index is 0.0799. The molecule has 0 saturated heterocycles. The van der Waals surface area contributed by atoms with Gasteiger partial charge in [-0.15, -0.1) is 13.2 Å². The number of amides is 2. The molecule has 2 N–H and O–H groups in total. The van der Waals surface area contributed by atoms with Crippen LogP contribution >= 0.6 is 0 Å². The smallest absolute Gasteiger partial charge is 0.481 e. The fraction of sp³-hybridized carbons (Fsp3) is 0.333. The Balaban J connectivity index is 2.74. The Morgan fingerprint density at radius 1 is 1.33 bits per heavy atom. The van der Waals surface area contributed by atoms with Crippen molar-refractivity contribution in [2.45, 2.75) is 12.8 Å². The molecule has 0 saturated carbocycles. The number of hydrogen-bond donors (Lipinski definition) is 2. The standard InChI is InChI=1S/C12H13F3N2O4/c1-17(7-6-10(18)19)11(20)16-8-4-2-3-5-9(8)21-12(13,14)15/h2-5H,6-7H2,1H3,(H,16,20)(H,18,19). The highest BCUT2D eigenvalue weighted by Crippen LogP contribution is 2.29. The number of anilines is 1. The third-order valence-corrected chi connectivity index (χ3v) is 2.36. The van der Waals surface area contributed by atoms with Gasteiger partial charge in [0.15, 0.2) is 5.75 Å². The van der Waals surface area contributed by atoms with Crippen LogP contribution in [0.2, 0.25) is 0 Å². The van der Waals surface area contributed by atoms with Gasteiger partial charge in [-0.1, -0.05) is 12.1 Å². The number of halogens is 3. The summed E-state index contributed by atoms with van der Waals surface area (Å²) >= 11 is 0. The van der Waals surface area contributed by atoms with Crippen molar-refractivity contribution in [1.82, 2.24) is 4.90 Å². The summed E-state index contributed by atoms with van der Waals surface area (Å²) in [4.78, 5) is 23.2. The normalized spacial score (nSPS) is 10.9. The number of carbonyl (C=O) groups excluding carboxylic acids is 1. The fourth-order valence-electron chi connectivity index (χ4n) is 1.36.